The van der Waals surface area contributed by atoms with E-state index in [1.54, 1.807) is 17.0 Å². The molecule has 1 aromatic carbocycles. The van der Waals surface area contributed by atoms with Gasteiger partial charge in [0.2, 0.25) is 0 Å². The first kappa shape index (κ1) is 14.0. The standard InChI is InChI=1S/C12H13ClINO3/c13-8-1-2-11(14)10(5-8)12(17)15-3-4-18-7-9(15)6-16/h1-2,5,9,16H,3-4,6-7H2. The molecule has 1 saturated heterocycles. The molecule has 1 unspecified atom stereocenters. The Bertz CT molecular complexity index is 455. The number of hydrogen-bond donors (Lipinski definition) is 1. The predicted octanol–water partition coefficient (Wildman–Crippen LogP) is 1.78. The number of hydrogen-bond acceptors (Lipinski definition) is 3. The number of halogens is 2. The Balaban J connectivity index is 2.26. The Kier molecular flexibility index (Phi) is 4.83. The molecule has 18 heavy (non-hydrogen) atoms. The highest BCUT2D eigenvalue weighted by Crippen LogP contribution is 2.21. The summed E-state index contributed by atoms with van der Waals surface area (Å²) in [6.45, 7) is 1.27. The Morgan fingerprint density at radius 1 is 1.61 bits per heavy atom. The maximum absolute atomic E-state index is 12.4. The van der Waals surface area contributed by atoms with E-state index >= 15 is 0 Å². The van der Waals surface area contributed by atoms with Gasteiger partial charge in [0.1, 0.15) is 0 Å². The van der Waals surface area contributed by atoms with Gasteiger partial charge < -0.3 is 14.7 Å². The number of nitrogens with zero attached hydrogens (tertiary/aromatic N) is 1. The van der Waals surface area contributed by atoms with E-state index in [0.717, 1.165) is 3.57 Å². The van der Waals surface area contributed by atoms with Gasteiger partial charge in [0.25, 0.3) is 5.91 Å². The first-order valence-corrected chi connectivity index (χ1v) is 7.03. The zero-order chi connectivity index (χ0) is 13.1. The van der Waals surface area contributed by atoms with E-state index in [0.29, 0.717) is 30.3 Å². The van der Waals surface area contributed by atoms with Gasteiger partial charge >= 0.3 is 0 Å². The van der Waals surface area contributed by atoms with Crippen molar-refractivity contribution in [3.8, 4) is 0 Å². The predicted molar refractivity (Wildman–Crippen MR) is 76.9 cm³/mol. The highest BCUT2D eigenvalue weighted by Gasteiger charge is 2.28. The lowest BCUT2D eigenvalue weighted by molar-refractivity contribution is -0.0184. The van der Waals surface area contributed by atoms with Gasteiger partial charge in [0.05, 0.1) is 31.4 Å². The third kappa shape index (κ3) is 2.96. The van der Waals surface area contributed by atoms with Crippen molar-refractivity contribution in [2.45, 2.75) is 6.04 Å². The Morgan fingerprint density at radius 2 is 2.39 bits per heavy atom. The summed E-state index contributed by atoms with van der Waals surface area (Å²) < 4.78 is 6.11. The maximum atomic E-state index is 12.4. The lowest BCUT2D eigenvalue weighted by atomic mass is 10.1. The fraction of sp³-hybridized carbons (Fsp3) is 0.417. The lowest BCUT2D eigenvalue weighted by Gasteiger charge is -2.34. The summed E-state index contributed by atoms with van der Waals surface area (Å²) in [4.78, 5) is 14.1. The number of benzene rings is 1. The van der Waals surface area contributed by atoms with Crippen LogP contribution < -0.4 is 0 Å². The lowest BCUT2D eigenvalue weighted by Crippen LogP contribution is -2.50. The summed E-state index contributed by atoms with van der Waals surface area (Å²) >= 11 is 8.03. The van der Waals surface area contributed by atoms with E-state index in [9.17, 15) is 9.90 Å². The van der Waals surface area contributed by atoms with Gasteiger partial charge in [-0.2, -0.15) is 0 Å². The number of amides is 1. The quantitative estimate of drug-likeness (QED) is 0.795. The van der Waals surface area contributed by atoms with Crippen molar-refractivity contribution in [2.75, 3.05) is 26.4 Å². The van der Waals surface area contributed by atoms with Crippen molar-refractivity contribution in [1.29, 1.82) is 0 Å². The van der Waals surface area contributed by atoms with Gasteiger partial charge in [-0.15, -0.1) is 0 Å². The summed E-state index contributed by atoms with van der Waals surface area (Å²) in [6.07, 6.45) is 0. The van der Waals surface area contributed by atoms with Crippen LogP contribution in [0.2, 0.25) is 5.02 Å². The van der Waals surface area contributed by atoms with Crippen molar-refractivity contribution >= 4 is 40.1 Å². The van der Waals surface area contributed by atoms with Gasteiger partial charge in [-0.05, 0) is 40.8 Å². The smallest absolute Gasteiger partial charge is 0.255 e. The van der Waals surface area contributed by atoms with E-state index in [4.69, 9.17) is 16.3 Å². The van der Waals surface area contributed by atoms with Gasteiger partial charge in [-0.1, -0.05) is 11.6 Å². The monoisotopic (exact) mass is 381 g/mol. The topological polar surface area (TPSA) is 49.8 Å². The maximum Gasteiger partial charge on any atom is 0.255 e. The molecule has 1 atom stereocenters. The highest BCUT2D eigenvalue weighted by atomic mass is 127. The molecule has 1 N–H and O–H groups in total. The molecule has 1 aliphatic rings. The summed E-state index contributed by atoms with van der Waals surface area (Å²) in [7, 11) is 0. The van der Waals surface area contributed by atoms with Crippen molar-refractivity contribution in [3.63, 3.8) is 0 Å². The van der Waals surface area contributed by atoms with Gasteiger partial charge in [-0.25, -0.2) is 0 Å². The fourth-order valence-corrected chi connectivity index (χ4v) is 2.63. The number of aliphatic hydroxyl groups excluding tert-OH is 1. The van der Waals surface area contributed by atoms with Gasteiger partial charge in [0.15, 0.2) is 0 Å². The van der Waals surface area contributed by atoms with Crippen LogP contribution in [0.15, 0.2) is 18.2 Å². The molecule has 0 bridgehead atoms. The van der Waals surface area contributed by atoms with Crippen LogP contribution in [0.4, 0.5) is 0 Å². The molecule has 1 amide bonds. The third-order valence-electron chi connectivity index (χ3n) is 2.86. The molecule has 98 valence electrons. The summed E-state index contributed by atoms with van der Waals surface area (Å²) in [5, 5.41) is 9.81. The molecule has 0 saturated carbocycles. The molecule has 1 aliphatic heterocycles. The largest absolute Gasteiger partial charge is 0.394 e. The molecule has 0 aliphatic carbocycles. The molecule has 6 heteroatoms. The van der Waals surface area contributed by atoms with Crippen molar-refractivity contribution in [3.05, 3.63) is 32.4 Å². The zero-order valence-electron chi connectivity index (χ0n) is 9.60. The number of carbonyl (C=O) groups is 1. The van der Waals surface area contributed by atoms with Crippen LogP contribution in [0.1, 0.15) is 10.4 Å². The minimum absolute atomic E-state index is 0.0944. The SMILES string of the molecule is O=C(c1cc(Cl)ccc1I)N1CCOCC1CO. The summed E-state index contributed by atoms with van der Waals surface area (Å²) in [6, 6.07) is 4.95. The van der Waals surface area contributed by atoms with E-state index in [1.165, 1.54) is 0 Å². The van der Waals surface area contributed by atoms with Crippen molar-refractivity contribution in [2.24, 2.45) is 0 Å². The van der Waals surface area contributed by atoms with E-state index in [2.05, 4.69) is 22.6 Å². The second-order valence-corrected chi connectivity index (χ2v) is 5.63. The molecule has 1 fully saturated rings. The van der Waals surface area contributed by atoms with Crippen LogP contribution in [-0.4, -0.2) is 48.3 Å². The number of carbonyl (C=O) groups excluding carboxylic acids is 1. The Labute approximate surface area is 124 Å². The van der Waals surface area contributed by atoms with Gasteiger partial charge in [-0.3, -0.25) is 4.79 Å². The van der Waals surface area contributed by atoms with Crippen LogP contribution in [0, 0.1) is 3.57 Å². The minimum atomic E-state index is -0.277. The summed E-state index contributed by atoms with van der Waals surface area (Å²) in [5.74, 6) is -0.107. The fourth-order valence-electron chi connectivity index (χ4n) is 1.89. The first-order chi connectivity index (χ1) is 8.63. The number of ether oxygens (including phenoxy) is 1. The van der Waals surface area contributed by atoms with Crippen LogP contribution in [0.3, 0.4) is 0 Å². The normalized spacial score (nSPS) is 19.9. The molecule has 0 spiro atoms. The molecule has 2 rings (SSSR count). The average Bonchev–Trinajstić information content (AvgIpc) is 2.40. The minimum Gasteiger partial charge on any atom is -0.394 e. The number of rotatable bonds is 2. The molecule has 1 heterocycles. The zero-order valence-corrected chi connectivity index (χ0v) is 12.5. The van der Waals surface area contributed by atoms with Crippen LogP contribution >= 0.6 is 34.2 Å². The van der Waals surface area contributed by atoms with Crippen LogP contribution in [-0.2, 0) is 4.74 Å². The summed E-state index contributed by atoms with van der Waals surface area (Å²) in [5.41, 5.74) is 0.573. The Hall–Kier alpha value is -0.370. The molecule has 4 nitrogen and oxygen atoms in total. The van der Waals surface area contributed by atoms with E-state index in [1.807, 2.05) is 6.07 Å². The van der Waals surface area contributed by atoms with Crippen LogP contribution in [0.5, 0.6) is 0 Å². The second-order valence-electron chi connectivity index (χ2n) is 4.03. The Morgan fingerprint density at radius 3 is 3.11 bits per heavy atom. The second kappa shape index (κ2) is 6.18. The number of morpholine rings is 1. The first-order valence-electron chi connectivity index (χ1n) is 5.58. The molecule has 1 aromatic rings. The third-order valence-corrected chi connectivity index (χ3v) is 4.03. The molecule has 0 aromatic heterocycles. The average molecular weight is 382 g/mol. The molecular weight excluding hydrogens is 368 g/mol. The van der Waals surface area contributed by atoms with Crippen molar-refractivity contribution < 1.29 is 14.6 Å². The van der Waals surface area contributed by atoms with Gasteiger partial charge in [0, 0.05) is 15.1 Å². The van der Waals surface area contributed by atoms with E-state index < -0.39 is 0 Å². The van der Waals surface area contributed by atoms with Crippen LogP contribution in [0.25, 0.3) is 0 Å². The molecule has 0 radical (unpaired) electrons. The van der Waals surface area contributed by atoms with Crippen molar-refractivity contribution in [1.82, 2.24) is 4.90 Å². The highest BCUT2D eigenvalue weighted by molar-refractivity contribution is 14.1. The molecular formula is C12H13ClINO3. The van der Waals surface area contributed by atoms with E-state index in [-0.39, 0.29) is 18.6 Å². The number of aliphatic hydroxyl groups is 1.